The highest BCUT2D eigenvalue weighted by Gasteiger charge is 2.30. The molecule has 0 unspecified atom stereocenters. The molecule has 8 heteroatoms. The van der Waals surface area contributed by atoms with Crippen LogP contribution in [-0.2, 0) is 0 Å². The predicted molar refractivity (Wildman–Crippen MR) is 101 cm³/mol. The van der Waals surface area contributed by atoms with Gasteiger partial charge < -0.3 is 9.80 Å². The molecule has 4 rings (SSSR count). The van der Waals surface area contributed by atoms with Crippen molar-refractivity contribution in [3.8, 4) is 0 Å². The quantitative estimate of drug-likeness (QED) is 0.681. The van der Waals surface area contributed by atoms with E-state index in [0.717, 1.165) is 0 Å². The predicted octanol–water partition coefficient (Wildman–Crippen LogP) is 2.37. The molecule has 1 aliphatic heterocycles. The molecule has 0 saturated carbocycles. The third-order valence-electron chi connectivity index (χ3n) is 4.81. The lowest BCUT2D eigenvalue weighted by molar-refractivity contribution is 0.0414. The number of piperazine rings is 1. The molecule has 2 aromatic heterocycles. The molecule has 0 radical (unpaired) electrons. The number of pyridine rings is 1. The van der Waals surface area contributed by atoms with E-state index in [1.54, 1.807) is 63.1 Å². The van der Waals surface area contributed by atoms with Crippen LogP contribution < -0.4 is 0 Å². The average Bonchev–Trinajstić information content (AvgIpc) is 3.15. The third-order valence-corrected chi connectivity index (χ3v) is 5.07. The molecular formula is C19H18ClN5O2. The summed E-state index contributed by atoms with van der Waals surface area (Å²) in [5.41, 5.74) is 1.80. The molecule has 1 atom stereocenters. The van der Waals surface area contributed by atoms with Gasteiger partial charge in [-0.15, -0.1) is 10.2 Å². The molecule has 0 spiro atoms. The number of hydrogen-bond donors (Lipinski definition) is 0. The van der Waals surface area contributed by atoms with Gasteiger partial charge in [0, 0.05) is 48.0 Å². The second kappa shape index (κ2) is 7.00. The summed E-state index contributed by atoms with van der Waals surface area (Å²) in [6.07, 6.45) is 3.36. The van der Waals surface area contributed by atoms with E-state index in [1.807, 2.05) is 6.92 Å². The SMILES string of the molecule is C[C@@H]1CN(C(=O)c2ccn3cnnc3c2)CCN1C(=O)c1ccc(Cl)cc1. The smallest absolute Gasteiger partial charge is 0.254 e. The number of rotatable bonds is 2. The zero-order chi connectivity index (χ0) is 19.0. The van der Waals surface area contributed by atoms with E-state index in [9.17, 15) is 9.59 Å². The van der Waals surface area contributed by atoms with E-state index in [1.165, 1.54) is 0 Å². The number of aromatic nitrogens is 3. The number of amides is 2. The third kappa shape index (κ3) is 3.38. The van der Waals surface area contributed by atoms with Crippen molar-refractivity contribution in [1.29, 1.82) is 0 Å². The Balaban J connectivity index is 1.46. The van der Waals surface area contributed by atoms with Crippen molar-refractivity contribution in [2.45, 2.75) is 13.0 Å². The Kier molecular flexibility index (Phi) is 4.53. The first kappa shape index (κ1) is 17.5. The summed E-state index contributed by atoms with van der Waals surface area (Å²) in [7, 11) is 0. The number of hydrogen-bond acceptors (Lipinski definition) is 4. The number of carbonyl (C=O) groups is 2. The number of benzene rings is 1. The van der Waals surface area contributed by atoms with Crippen LogP contribution in [0.3, 0.4) is 0 Å². The lowest BCUT2D eigenvalue weighted by atomic mass is 10.1. The van der Waals surface area contributed by atoms with Crippen LogP contribution in [0, 0.1) is 0 Å². The maximum atomic E-state index is 12.8. The zero-order valence-electron chi connectivity index (χ0n) is 14.7. The van der Waals surface area contributed by atoms with Crippen molar-refractivity contribution in [2.75, 3.05) is 19.6 Å². The van der Waals surface area contributed by atoms with E-state index >= 15 is 0 Å². The number of nitrogens with zero attached hydrogens (tertiary/aromatic N) is 5. The normalized spacial score (nSPS) is 17.3. The van der Waals surface area contributed by atoms with Crippen LogP contribution in [-0.4, -0.2) is 61.9 Å². The summed E-state index contributed by atoms with van der Waals surface area (Å²) < 4.78 is 1.75. The van der Waals surface area contributed by atoms with Crippen LogP contribution in [0.25, 0.3) is 5.65 Å². The van der Waals surface area contributed by atoms with Crippen LogP contribution in [0.15, 0.2) is 48.9 Å². The van der Waals surface area contributed by atoms with Crippen LogP contribution in [0.1, 0.15) is 27.6 Å². The van der Waals surface area contributed by atoms with Gasteiger partial charge in [0.15, 0.2) is 5.65 Å². The molecule has 0 N–H and O–H groups in total. The summed E-state index contributed by atoms with van der Waals surface area (Å²) >= 11 is 5.89. The summed E-state index contributed by atoms with van der Waals surface area (Å²) in [6, 6.07) is 10.3. The number of halogens is 1. The molecule has 1 saturated heterocycles. The topological polar surface area (TPSA) is 70.8 Å². The maximum Gasteiger partial charge on any atom is 0.254 e. The molecule has 2 amide bonds. The minimum atomic E-state index is -0.0808. The Morgan fingerprint density at radius 3 is 2.59 bits per heavy atom. The highest BCUT2D eigenvalue weighted by Crippen LogP contribution is 2.18. The van der Waals surface area contributed by atoms with Gasteiger partial charge in [0.2, 0.25) is 0 Å². The van der Waals surface area contributed by atoms with Crippen molar-refractivity contribution in [3.63, 3.8) is 0 Å². The second-order valence-corrected chi connectivity index (χ2v) is 7.05. The van der Waals surface area contributed by atoms with E-state index in [4.69, 9.17) is 11.6 Å². The molecule has 0 aliphatic carbocycles. The fourth-order valence-electron chi connectivity index (χ4n) is 3.34. The minimum absolute atomic E-state index is 0.0452. The van der Waals surface area contributed by atoms with E-state index in [2.05, 4.69) is 10.2 Å². The standard InChI is InChI=1S/C19H18ClN5O2/c1-13-11-23(18(26)15-6-7-24-12-21-22-17(24)10-15)8-9-25(13)19(27)14-2-4-16(20)5-3-14/h2-7,10,12-13H,8-9,11H2,1H3/t13-/m1/s1. The molecule has 1 aliphatic rings. The first-order valence-electron chi connectivity index (χ1n) is 8.68. The lowest BCUT2D eigenvalue weighted by Gasteiger charge is -2.40. The Hall–Kier alpha value is -2.93. The Morgan fingerprint density at radius 1 is 1.07 bits per heavy atom. The van der Waals surface area contributed by atoms with E-state index < -0.39 is 0 Å². The Labute approximate surface area is 161 Å². The van der Waals surface area contributed by atoms with E-state index in [0.29, 0.717) is 41.4 Å². The fraction of sp³-hybridized carbons (Fsp3) is 0.263. The molecule has 0 bridgehead atoms. The van der Waals surface area contributed by atoms with Gasteiger partial charge in [0.1, 0.15) is 6.33 Å². The van der Waals surface area contributed by atoms with Crippen LogP contribution in [0.5, 0.6) is 0 Å². The monoisotopic (exact) mass is 383 g/mol. The summed E-state index contributed by atoms with van der Waals surface area (Å²) in [5.74, 6) is -0.109. The van der Waals surface area contributed by atoms with Gasteiger partial charge in [-0.3, -0.25) is 14.0 Å². The van der Waals surface area contributed by atoms with E-state index in [-0.39, 0.29) is 17.9 Å². The van der Waals surface area contributed by atoms with Crippen LogP contribution >= 0.6 is 11.6 Å². The Bertz CT molecular complexity index is 1000. The van der Waals surface area contributed by atoms with Gasteiger partial charge in [-0.25, -0.2) is 0 Å². The molecule has 1 aromatic carbocycles. The highest BCUT2D eigenvalue weighted by atomic mass is 35.5. The molecule has 1 fully saturated rings. The van der Waals surface area contributed by atoms with Gasteiger partial charge in [-0.05, 0) is 43.3 Å². The average molecular weight is 384 g/mol. The minimum Gasteiger partial charge on any atom is -0.335 e. The van der Waals surface area contributed by atoms with Gasteiger partial charge in [0.25, 0.3) is 11.8 Å². The summed E-state index contributed by atoms with van der Waals surface area (Å²) in [4.78, 5) is 29.2. The van der Waals surface area contributed by atoms with Gasteiger partial charge >= 0.3 is 0 Å². The molecule has 138 valence electrons. The van der Waals surface area contributed by atoms with Gasteiger partial charge in [0.05, 0.1) is 0 Å². The molecule has 27 heavy (non-hydrogen) atoms. The largest absolute Gasteiger partial charge is 0.335 e. The second-order valence-electron chi connectivity index (χ2n) is 6.62. The van der Waals surface area contributed by atoms with Gasteiger partial charge in [-0.2, -0.15) is 0 Å². The number of carbonyl (C=O) groups excluding carboxylic acids is 2. The summed E-state index contributed by atoms with van der Waals surface area (Å²) in [6.45, 7) is 3.41. The fourth-order valence-corrected chi connectivity index (χ4v) is 3.46. The highest BCUT2D eigenvalue weighted by molar-refractivity contribution is 6.30. The van der Waals surface area contributed by atoms with Gasteiger partial charge in [-0.1, -0.05) is 11.6 Å². The van der Waals surface area contributed by atoms with Crippen LogP contribution in [0.2, 0.25) is 5.02 Å². The molecule has 7 nitrogen and oxygen atoms in total. The zero-order valence-corrected chi connectivity index (χ0v) is 15.5. The van der Waals surface area contributed by atoms with Crippen molar-refractivity contribution in [2.24, 2.45) is 0 Å². The van der Waals surface area contributed by atoms with Crippen molar-refractivity contribution < 1.29 is 9.59 Å². The van der Waals surface area contributed by atoms with Crippen molar-refractivity contribution in [3.05, 3.63) is 65.1 Å². The molecule has 3 aromatic rings. The Morgan fingerprint density at radius 2 is 1.85 bits per heavy atom. The maximum absolute atomic E-state index is 12.8. The molecule has 3 heterocycles. The number of fused-ring (bicyclic) bond motifs is 1. The first-order chi connectivity index (χ1) is 13.0. The van der Waals surface area contributed by atoms with Crippen molar-refractivity contribution in [1.82, 2.24) is 24.4 Å². The molecular weight excluding hydrogens is 366 g/mol. The van der Waals surface area contributed by atoms with Crippen LogP contribution in [0.4, 0.5) is 0 Å². The lowest BCUT2D eigenvalue weighted by Crippen LogP contribution is -2.55. The summed E-state index contributed by atoms with van der Waals surface area (Å²) in [5, 5.41) is 8.40. The van der Waals surface area contributed by atoms with Crippen molar-refractivity contribution >= 4 is 29.1 Å². The first-order valence-corrected chi connectivity index (χ1v) is 9.06.